The molecule has 1 fully saturated rings. The Morgan fingerprint density at radius 3 is 2.35 bits per heavy atom. The molecule has 0 spiro atoms. The molecule has 1 aromatic carbocycles. The van der Waals surface area contributed by atoms with Crippen LogP contribution < -0.4 is 10.6 Å². The Labute approximate surface area is 119 Å². The van der Waals surface area contributed by atoms with Gasteiger partial charge in [-0.1, -0.05) is 49.6 Å². The molecule has 1 unspecified atom stereocenters. The summed E-state index contributed by atoms with van der Waals surface area (Å²) in [5.41, 5.74) is 0.818. The lowest BCUT2D eigenvalue weighted by Crippen LogP contribution is -2.45. The topological polar surface area (TPSA) is 58.2 Å². The number of nitrogens with one attached hydrogen (secondary N) is 2. The quantitative estimate of drug-likeness (QED) is 0.887. The molecular weight excluding hydrogens is 252 g/mol. The average molecular weight is 274 g/mol. The van der Waals surface area contributed by atoms with Crippen LogP contribution in [0.4, 0.5) is 4.79 Å². The fourth-order valence-electron chi connectivity index (χ4n) is 2.67. The monoisotopic (exact) mass is 274 g/mol. The molecule has 4 heteroatoms. The first kappa shape index (κ1) is 14.6. The van der Waals surface area contributed by atoms with Crippen molar-refractivity contribution in [3.63, 3.8) is 0 Å². The molecule has 108 valence electrons. The number of hydrogen-bond acceptors (Lipinski definition) is 2. The first-order valence-corrected chi connectivity index (χ1v) is 7.29. The molecule has 1 atom stereocenters. The van der Waals surface area contributed by atoms with Crippen molar-refractivity contribution in [2.75, 3.05) is 0 Å². The number of benzene rings is 1. The summed E-state index contributed by atoms with van der Waals surface area (Å²) in [4.78, 5) is 23.8. The maximum atomic E-state index is 12.0. The van der Waals surface area contributed by atoms with E-state index in [2.05, 4.69) is 10.6 Å². The molecule has 2 rings (SSSR count). The molecule has 1 aliphatic carbocycles. The zero-order valence-electron chi connectivity index (χ0n) is 11.9. The minimum atomic E-state index is -0.570. The number of urea groups is 1. The molecule has 20 heavy (non-hydrogen) atoms. The van der Waals surface area contributed by atoms with Crippen molar-refractivity contribution in [1.82, 2.24) is 10.6 Å². The summed E-state index contributed by atoms with van der Waals surface area (Å²) in [5.74, 6) is -0.0602. The van der Waals surface area contributed by atoms with E-state index in [0.717, 1.165) is 18.4 Å². The van der Waals surface area contributed by atoms with Crippen LogP contribution in [0, 0.1) is 0 Å². The zero-order valence-corrected chi connectivity index (χ0v) is 11.9. The standard InChI is InChI=1S/C16H22N2O2/c1-12(19)15(13-8-4-2-5-9-13)18-16(20)17-14-10-6-3-7-11-14/h2,4-5,8-9,14-15H,3,6-7,10-11H2,1H3,(H2,17,18,20). The van der Waals surface area contributed by atoms with Gasteiger partial charge in [-0.2, -0.15) is 0 Å². The molecule has 1 aliphatic rings. The van der Waals surface area contributed by atoms with Gasteiger partial charge in [-0.05, 0) is 25.3 Å². The normalized spacial score (nSPS) is 17.2. The molecule has 1 aromatic rings. The first-order chi connectivity index (χ1) is 9.66. The number of carbonyl (C=O) groups excluding carboxylic acids is 2. The van der Waals surface area contributed by atoms with E-state index < -0.39 is 6.04 Å². The van der Waals surface area contributed by atoms with Crippen LogP contribution in [0.5, 0.6) is 0 Å². The van der Waals surface area contributed by atoms with Crippen LogP contribution in [0.1, 0.15) is 50.6 Å². The van der Waals surface area contributed by atoms with Crippen LogP contribution in [-0.2, 0) is 4.79 Å². The van der Waals surface area contributed by atoms with E-state index >= 15 is 0 Å². The third kappa shape index (κ3) is 4.08. The summed E-state index contributed by atoms with van der Waals surface area (Å²) in [6, 6.07) is 8.76. The lowest BCUT2D eigenvalue weighted by Gasteiger charge is -2.24. The number of Topliss-reactive ketones (excluding diaryl/α,β-unsaturated/α-hetero) is 1. The van der Waals surface area contributed by atoms with Crippen LogP contribution in [0.15, 0.2) is 30.3 Å². The van der Waals surface area contributed by atoms with Crippen molar-refractivity contribution in [2.24, 2.45) is 0 Å². The first-order valence-electron chi connectivity index (χ1n) is 7.29. The van der Waals surface area contributed by atoms with Crippen molar-refractivity contribution in [3.8, 4) is 0 Å². The number of hydrogen-bond donors (Lipinski definition) is 2. The van der Waals surface area contributed by atoms with Crippen LogP contribution in [0.3, 0.4) is 0 Å². The highest BCUT2D eigenvalue weighted by Crippen LogP contribution is 2.18. The Morgan fingerprint density at radius 1 is 1.10 bits per heavy atom. The zero-order chi connectivity index (χ0) is 14.4. The number of ketones is 1. The predicted molar refractivity (Wildman–Crippen MR) is 78.4 cm³/mol. The Kier molecular flexibility index (Phi) is 5.16. The minimum absolute atomic E-state index is 0.0602. The van der Waals surface area contributed by atoms with Crippen LogP contribution >= 0.6 is 0 Å². The van der Waals surface area contributed by atoms with Crippen molar-refractivity contribution in [3.05, 3.63) is 35.9 Å². The van der Waals surface area contributed by atoms with E-state index in [-0.39, 0.29) is 17.9 Å². The van der Waals surface area contributed by atoms with Crippen LogP contribution in [0.25, 0.3) is 0 Å². The summed E-state index contributed by atoms with van der Waals surface area (Å²) >= 11 is 0. The van der Waals surface area contributed by atoms with E-state index in [1.54, 1.807) is 0 Å². The van der Waals surface area contributed by atoms with Crippen molar-refractivity contribution in [1.29, 1.82) is 0 Å². The van der Waals surface area contributed by atoms with Crippen molar-refractivity contribution >= 4 is 11.8 Å². The molecule has 0 radical (unpaired) electrons. The third-order valence-electron chi connectivity index (χ3n) is 3.76. The van der Waals surface area contributed by atoms with Gasteiger partial charge in [0.1, 0.15) is 6.04 Å². The second-order valence-corrected chi connectivity index (χ2v) is 5.41. The summed E-state index contributed by atoms with van der Waals surface area (Å²) < 4.78 is 0. The van der Waals surface area contributed by atoms with Gasteiger partial charge in [0, 0.05) is 6.04 Å². The van der Waals surface area contributed by atoms with E-state index in [0.29, 0.717) is 0 Å². The second kappa shape index (κ2) is 7.08. The predicted octanol–water partition coefficient (Wildman–Crippen LogP) is 2.95. The van der Waals surface area contributed by atoms with Gasteiger partial charge in [0.25, 0.3) is 0 Å². The van der Waals surface area contributed by atoms with Gasteiger partial charge >= 0.3 is 6.03 Å². The van der Waals surface area contributed by atoms with E-state index in [4.69, 9.17) is 0 Å². The molecule has 0 heterocycles. The largest absolute Gasteiger partial charge is 0.335 e. The maximum Gasteiger partial charge on any atom is 0.315 e. The Bertz CT molecular complexity index is 453. The third-order valence-corrected chi connectivity index (χ3v) is 3.76. The lowest BCUT2D eigenvalue weighted by molar-refractivity contribution is -0.118. The van der Waals surface area contributed by atoms with Gasteiger partial charge < -0.3 is 10.6 Å². The summed E-state index contributed by atoms with van der Waals surface area (Å²) in [5, 5.41) is 5.75. The Balaban J connectivity index is 1.94. The van der Waals surface area contributed by atoms with Crippen LogP contribution in [0.2, 0.25) is 0 Å². The molecule has 4 nitrogen and oxygen atoms in total. The summed E-state index contributed by atoms with van der Waals surface area (Å²) in [6.45, 7) is 1.50. The van der Waals surface area contributed by atoms with Crippen molar-refractivity contribution < 1.29 is 9.59 Å². The summed E-state index contributed by atoms with van der Waals surface area (Å²) in [7, 11) is 0. The molecule has 1 saturated carbocycles. The number of amides is 2. The highest BCUT2D eigenvalue weighted by atomic mass is 16.2. The lowest BCUT2D eigenvalue weighted by atomic mass is 9.96. The fraction of sp³-hybridized carbons (Fsp3) is 0.500. The Morgan fingerprint density at radius 2 is 1.75 bits per heavy atom. The number of rotatable bonds is 4. The van der Waals surface area contributed by atoms with Crippen molar-refractivity contribution in [2.45, 2.75) is 51.1 Å². The maximum absolute atomic E-state index is 12.0. The molecule has 0 aliphatic heterocycles. The van der Waals surface area contributed by atoms with Gasteiger partial charge in [0.15, 0.2) is 5.78 Å². The van der Waals surface area contributed by atoms with Gasteiger partial charge in [0.2, 0.25) is 0 Å². The molecular formula is C16H22N2O2. The second-order valence-electron chi connectivity index (χ2n) is 5.41. The SMILES string of the molecule is CC(=O)C(NC(=O)NC1CCCCC1)c1ccccc1. The van der Waals surface area contributed by atoms with E-state index in [9.17, 15) is 9.59 Å². The molecule has 0 aromatic heterocycles. The highest BCUT2D eigenvalue weighted by Gasteiger charge is 2.21. The fourth-order valence-corrected chi connectivity index (χ4v) is 2.67. The minimum Gasteiger partial charge on any atom is -0.335 e. The average Bonchev–Trinajstić information content (AvgIpc) is 2.46. The van der Waals surface area contributed by atoms with Gasteiger partial charge in [-0.3, -0.25) is 4.79 Å². The molecule has 0 bridgehead atoms. The van der Waals surface area contributed by atoms with Crippen LogP contribution in [-0.4, -0.2) is 17.9 Å². The van der Waals surface area contributed by atoms with Gasteiger partial charge in [-0.25, -0.2) is 4.79 Å². The molecule has 0 saturated heterocycles. The van der Waals surface area contributed by atoms with Gasteiger partial charge in [0.05, 0.1) is 0 Å². The van der Waals surface area contributed by atoms with Gasteiger partial charge in [-0.15, -0.1) is 0 Å². The number of carbonyl (C=O) groups is 2. The Hall–Kier alpha value is -1.84. The molecule has 2 N–H and O–H groups in total. The molecule has 2 amide bonds. The highest BCUT2D eigenvalue weighted by molar-refractivity contribution is 5.88. The summed E-state index contributed by atoms with van der Waals surface area (Å²) in [6.07, 6.45) is 5.65. The smallest absolute Gasteiger partial charge is 0.315 e. The van der Waals surface area contributed by atoms with E-state index in [1.165, 1.54) is 26.2 Å². The van der Waals surface area contributed by atoms with E-state index in [1.807, 2.05) is 30.3 Å².